The van der Waals surface area contributed by atoms with Crippen LogP contribution < -0.4 is 5.32 Å². The van der Waals surface area contributed by atoms with E-state index in [4.69, 9.17) is 0 Å². The summed E-state index contributed by atoms with van der Waals surface area (Å²) in [5.74, 6) is 3.23. The van der Waals surface area contributed by atoms with Crippen LogP contribution in [-0.4, -0.2) is 21.7 Å². The molecule has 4 fully saturated rings. The summed E-state index contributed by atoms with van der Waals surface area (Å²) in [4.78, 5) is 12.8. The predicted molar refractivity (Wildman–Crippen MR) is 96.6 cm³/mol. The summed E-state index contributed by atoms with van der Waals surface area (Å²) < 4.78 is 1.85. The average molecular weight is 335 g/mol. The van der Waals surface area contributed by atoms with Gasteiger partial charge < -0.3 is 5.32 Å². The third kappa shape index (κ3) is 2.59. The van der Waals surface area contributed by atoms with Crippen LogP contribution in [0.3, 0.4) is 0 Å². The molecule has 1 aromatic heterocycles. The molecule has 6 rings (SSSR count). The van der Waals surface area contributed by atoms with Gasteiger partial charge in [-0.1, -0.05) is 18.2 Å². The van der Waals surface area contributed by atoms with E-state index < -0.39 is 0 Å². The van der Waals surface area contributed by atoms with Gasteiger partial charge in [0, 0.05) is 11.7 Å². The van der Waals surface area contributed by atoms with E-state index >= 15 is 0 Å². The lowest BCUT2D eigenvalue weighted by molar-refractivity contribution is -0.0120. The molecule has 4 aliphatic rings. The normalized spacial score (nSPS) is 32.8. The zero-order valence-electron chi connectivity index (χ0n) is 14.7. The molecule has 4 bridgehead atoms. The molecular formula is C21H25N3O. The SMILES string of the molecule is Cc1cc(C(=O)NC2C3CC4CC(C3)CC2C4)nn1-c1ccccc1. The Bertz CT molecular complexity index is 767. The van der Waals surface area contributed by atoms with Crippen molar-refractivity contribution in [3.05, 3.63) is 47.8 Å². The number of para-hydroxylation sites is 1. The first kappa shape index (κ1) is 15.2. The van der Waals surface area contributed by atoms with Gasteiger partial charge in [0.25, 0.3) is 5.91 Å². The van der Waals surface area contributed by atoms with Gasteiger partial charge in [0.1, 0.15) is 0 Å². The number of aryl methyl sites for hydroxylation is 1. The number of hydrogen-bond acceptors (Lipinski definition) is 2. The van der Waals surface area contributed by atoms with Crippen LogP contribution in [0.15, 0.2) is 36.4 Å². The van der Waals surface area contributed by atoms with E-state index in [-0.39, 0.29) is 5.91 Å². The first-order chi connectivity index (χ1) is 12.2. The number of hydrogen-bond donors (Lipinski definition) is 1. The van der Waals surface area contributed by atoms with Crippen LogP contribution in [0.2, 0.25) is 0 Å². The Hall–Kier alpha value is -2.10. The van der Waals surface area contributed by atoms with Crippen molar-refractivity contribution < 1.29 is 4.79 Å². The summed E-state index contributed by atoms with van der Waals surface area (Å²) in [5, 5.41) is 7.92. The molecule has 130 valence electrons. The minimum atomic E-state index is -0.00439. The Labute approximate surface area is 148 Å². The van der Waals surface area contributed by atoms with E-state index in [1.165, 1.54) is 32.1 Å². The molecule has 25 heavy (non-hydrogen) atoms. The summed E-state index contributed by atoms with van der Waals surface area (Å²) >= 11 is 0. The second kappa shape index (κ2) is 5.72. The van der Waals surface area contributed by atoms with Crippen molar-refractivity contribution in [2.24, 2.45) is 23.7 Å². The van der Waals surface area contributed by atoms with Gasteiger partial charge in [-0.15, -0.1) is 0 Å². The highest BCUT2D eigenvalue weighted by Crippen LogP contribution is 2.53. The Morgan fingerprint density at radius 1 is 1.04 bits per heavy atom. The molecule has 1 amide bonds. The molecule has 0 atom stereocenters. The molecule has 4 nitrogen and oxygen atoms in total. The van der Waals surface area contributed by atoms with E-state index in [1.54, 1.807) is 0 Å². The molecule has 1 aromatic carbocycles. The zero-order chi connectivity index (χ0) is 17.0. The summed E-state index contributed by atoms with van der Waals surface area (Å²) in [5.41, 5.74) is 2.52. The molecule has 0 radical (unpaired) electrons. The smallest absolute Gasteiger partial charge is 0.272 e. The maximum absolute atomic E-state index is 12.8. The first-order valence-corrected chi connectivity index (χ1v) is 9.60. The minimum absolute atomic E-state index is 0.00439. The van der Waals surface area contributed by atoms with Crippen LogP contribution in [0.25, 0.3) is 5.69 Å². The van der Waals surface area contributed by atoms with Gasteiger partial charge in [-0.3, -0.25) is 4.79 Å². The quantitative estimate of drug-likeness (QED) is 0.929. The van der Waals surface area contributed by atoms with Gasteiger partial charge in [0.05, 0.1) is 5.69 Å². The second-order valence-electron chi connectivity index (χ2n) is 8.35. The Morgan fingerprint density at radius 2 is 1.68 bits per heavy atom. The molecule has 4 aliphatic carbocycles. The molecule has 0 aliphatic heterocycles. The van der Waals surface area contributed by atoms with Gasteiger partial charge in [0.15, 0.2) is 5.69 Å². The second-order valence-corrected chi connectivity index (χ2v) is 8.35. The van der Waals surface area contributed by atoms with E-state index in [2.05, 4.69) is 10.4 Å². The molecule has 4 heteroatoms. The zero-order valence-corrected chi connectivity index (χ0v) is 14.7. The van der Waals surface area contributed by atoms with Crippen LogP contribution >= 0.6 is 0 Å². The summed E-state index contributed by atoms with van der Waals surface area (Å²) in [7, 11) is 0. The largest absolute Gasteiger partial charge is 0.347 e. The highest BCUT2D eigenvalue weighted by atomic mass is 16.2. The summed E-state index contributed by atoms with van der Waals surface area (Å²) in [6, 6.07) is 12.3. The standard InChI is InChI=1S/C21H25N3O/c1-13-7-19(23-24(13)18-5-3-2-4-6-18)21(25)22-20-16-9-14-8-15(11-16)12-17(20)10-14/h2-7,14-17,20H,8-12H2,1H3,(H,22,25). The molecule has 1 heterocycles. The average Bonchev–Trinajstić information content (AvgIpc) is 3.00. The fourth-order valence-corrected chi connectivity index (χ4v) is 5.80. The minimum Gasteiger partial charge on any atom is -0.347 e. The fourth-order valence-electron chi connectivity index (χ4n) is 5.80. The van der Waals surface area contributed by atoms with Gasteiger partial charge in [-0.05, 0) is 80.9 Å². The van der Waals surface area contributed by atoms with Gasteiger partial charge >= 0.3 is 0 Å². The van der Waals surface area contributed by atoms with Crippen molar-refractivity contribution in [3.8, 4) is 5.69 Å². The van der Waals surface area contributed by atoms with Crippen molar-refractivity contribution >= 4 is 5.91 Å². The highest BCUT2D eigenvalue weighted by molar-refractivity contribution is 5.92. The van der Waals surface area contributed by atoms with E-state index in [0.29, 0.717) is 23.6 Å². The van der Waals surface area contributed by atoms with Crippen LogP contribution in [0, 0.1) is 30.6 Å². The van der Waals surface area contributed by atoms with Gasteiger partial charge in [-0.25, -0.2) is 4.68 Å². The lowest BCUT2D eigenvalue weighted by Gasteiger charge is -2.54. The molecule has 0 unspecified atom stereocenters. The predicted octanol–water partition coefficient (Wildman–Crippen LogP) is 3.74. The third-order valence-electron chi connectivity index (χ3n) is 6.65. The van der Waals surface area contributed by atoms with E-state index in [0.717, 1.165) is 23.2 Å². The number of carbonyl (C=O) groups is 1. The van der Waals surface area contributed by atoms with Crippen LogP contribution in [0.5, 0.6) is 0 Å². The summed E-state index contributed by atoms with van der Waals surface area (Å²) in [6.07, 6.45) is 6.70. The van der Waals surface area contributed by atoms with Gasteiger partial charge in [0.2, 0.25) is 0 Å². The number of amides is 1. The topological polar surface area (TPSA) is 46.9 Å². The van der Waals surface area contributed by atoms with Crippen LogP contribution in [0.4, 0.5) is 0 Å². The molecule has 2 aromatic rings. The summed E-state index contributed by atoms with van der Waals surface area (Å²) in [6.45, 7) is 2.00. The Balaban J connectivity index is 1.35. The Kier molecular flexibility index (Phi) is 3.47. The number of nitrogens with one attached hydrogen (secondary N) is 1. The van der Waals surface area contributed by atoms with Gasteiger partial charge in [-0.2, -0.15) is 5.10 Å². The highest BCUT2D eigenvalue weighted by Gasteiger charge is 2.48. The maximum Gasteiger partial charge on any atom is 0.272 e. The number of rotatable bonds is 3. The number of aromatic nitrogens is 2. The first-order valence-electron chi connectivity index (χ1n) is 9.60. The van der Waals surface area contributed by atoms with Crippen LogP contribution in [-0.2, 0) is 0 Å². The van der Waals surface area contributed by atoms with E-state index in [9.17, 15) is 4.79 Å². The lowest BCUT2D eigenvalue weighted by Crippen LogP contribution is -2.55. The van der Waals surface area contributed by atoms with Crippen molar-refractivity contribution in [2.75, 3.05) is 0 Å². The van der Waals surface area contributed by atoms with Crippen LogP contribution in [0.1, 0.15) is 48.3 Å². The van der Waals surface area contributed by atoms with Crippen molar-refractivity contribution in [1.82, 2.24) is 15.1 Å². The van der Waals surface area contributed by atoms with Crippen molar-refractivity contribution in [3.63, 3.8) is 0 Å². The molecular weight excluding hydrogens is 310 g/mol. The molecule has 0 spiro atoms. The lowest BCUT2D eigenvalue weighted by atomic mass is 9.54. The molecule has 4 saturated carbocycles. The maximum atomic E-state index is 12.8. The van der Waals surface area contributed by atoms with E-state index in [1.807, 2.05) is 48.0 Å². The van der Waals surface area contributed by atoms with Crippen molar-refractivity contribution in [1.29, 1.82) is 0 Å². The molecule has 1 N–H and O–H groups in total. The monoisotopic (exact) mass is 335 g/mol. The third-order valence-corrected chi connectivity index (χ3v) is 6.65. The number of benzene rings is 1. The Morgan fingerprint density at radius 3 is 2.32 bits per heavy atom. The number of nitrogens with zero attached hydrogens (tertiary/aromatic N) is 2. The fraction of sp³-hybridized carbons (Fsp3) is 0.524. The number of carbonyl (C=O) groups excluding carboxylic acids is 1. The van der Waals surface area contributed by atoms with Crippen molar-refractivity contribution in [2.45, 2.75) is 45.1 Å². The molecule has 0 saturated heterocycles.